The summed E-state index contributed by atoms with van der Waals surface area (Å²) in [7, 11) is 0. The largest absolute Gasteiger partial charge is 0.325 e. The fourth-order valence-electron chi connectivity index (χ4n) is 3.83. The highest BCUT2D eigenvalue weighted by Gasteiger charge is 2.52. The second kappa shape index (κ2) is 3.87. The van der Waals surface area contributed by atoms with E-state index in [0.29, 0.717) is 11.8 Å². The molecule has 2 amide bonds. The van der Waals surface area contributed by atoms with Crippen molar-refractivity contribution in [2.45, 2.75) is 32.2 Å². The molecule has 96 valence electrons. The molecule has 0 aromatic rings. The standard InChI is InChI=1S/C13H23N3O/c1-13(2)11-8-14-7-10(11)9-16(13)12(17)15-5-3-4-6-15/h10-11,14H,3-9H2,1-2H3. The van der Waals surface area contributed by atoms with Gasteiger partial charge in [0.25, 0.3) is 0 Å². The van der Waals surface area contributed by atoms with E-state index in [4.69, 9.17) is 0 Å². The van der Waals surface area contributed by atoms with Crippen LogP contribution in [0.25, 0.3) is 0 Å². The van der Waals surface area contributed by atoms with Crippen molar-refractivity contribution in [3.05, 3.63) is 0 Å². The molecule has 2 atom stereocenters. The molecule has 0 saturated carbocycles. The highest BCUT2D eigenvalue weighted by Crippen LogP contribution is 2.41. The van der Waals surface area contributed by atoms with Crippen LogP contribution in [-0.4, -0.2) is 54.1 Å². The number of rotatable bonds is 0. The lowest BCUT2D eigenvalue weighted by Gasteiger charge is -2.37. The van der Waals surface area contributed by atoms with Crippen LogP contribution >= 0.6 is 0 Å². The van der Waals surface area contributed by atoms with E-state index in [1.165, 1.54) is 12.8 Å². The first-order chi connectivity index (χ1) is 8.10. The smallest absolute Gasteiger partial charge is 0.320 e. The van der Waals surface area contributed by atoms with E-state index in [0.717, 1.165) is 32.7 Å². The lowest BCUT2D eigenvalue weighted by molar-refractivity contribution is 0.119. The molecule has 0 bridgehead atoms. The molecule has 3 aliphatic rings. The van der Waals surface area contributed by atoms with Crippen molar-refractivity contribution in [2.24, 2.45) is 11.8 Å². The second-order valence-electron chi connectivity index (χ2n) is 6.27. The van der Waals surface area contributed by atoms with Gasteiger partial charge in [-0.05, 0) is 38.5 Å². The summed E-state index contributed by atoms with van der Waals surface area (Å²) in [5.74, 6) is 1.30. The lowest BCUT2D eigenvalue weighted by Crippen LogP contribution is -2.52. The normalized spacial score (nSPS) is 35.4. The summed E-state index contributed by atoms with van der Waals surface area (Å²) in [4.78, 5) is 16.7. The van der Waals surface area contributed by atoms with Crippen LogP contribution in [0, 0.1) is 11.8 Å². The average Bonchev–Trinajstić information content (AvgIpc) is 2.97. The van der Waals surface area contributed by atoms with Crippen LogP contribution in [-0.2, 0) is 0 Å². The molecule has 3 rings (SSSR count). The van der Waals surface area contributed by atoms with Crippen molar-refractivity contribution < 1.29 is 4.79 Å². The Kier molecular flexibility index (Phi) is 2.58. The molecule has 17 heavy (non-hydrogen) atoms. The van der Waals surface area contributed by atoms with Gasteiger partial charge < -0.3 is 15.1 Å². The zero-order chi connectivity index (χ0) is 12.0. The van der Waals surface area contributed by atoms with Crippen LogP contribution in [0.5, 0.6) is 0 Å². The zero-order valence-corrected chi connectivity index (χ0v) is 10.9. The summed E-state index contributed by atoms with van der Waals surface area (Å²) in [5, 5.41) is 3.46. The van der Waals surface area contributed by atoms with Gasteiger partial charge in [-0.1, -0.05) is 0 Å². The molecular weight excluding hydrogens is 214 g/mol. The Morgan fingerprint density at radius 3 is 2.59 bits per heavy atom. The van der Waals surface area contributed by atoms with E-state index in [1.807, 2.05) is 4.90 Å². The van der Waals surface area contributed by atoms with E-state index >= 15 is 0 Å². The Morgan fingerprint density at radius 2 is 1.94 bits per heavy atom. The molecule has 3 heterocycles. The van der Waals surface area contributed by atoms with Crippen LogP contribution in [0.4, 0.5) is 4.79 Å². The molecule has 0 spiro atoms. The van der Waals surface area contributed by atoms with Gasteiger partial charge in [-0.15, -0.1) is 0 Å². The molecule has 0 aromatic carbocycles. The molecule has 4 nitrogen and oxygen atoms in total. The molecule has 3 aliphatic heterocycles. The van der Waals surface area contributed by atoms with Gasteiger partial charge in [-0.25, -0.2) is 4.79 Å². The number of nitrogens with zero attached hydrogens (tertiary/aromatic N) is 2. The van der Waals surface area contributed by atoms with E-state index in [-0.39, 0.29) is 11.6 Å². The van der Waals surface area contributed by atoms with Gasteiger partial charge in [0.05, 0.1) is 0 Å². The summed E-state index contributed by atoms with van der Waals surface area (Å²) in [6.07, 6.45) is 2.35. The molecule has 0 aromatic heterocycles. The number of amides is 2. The average molecular weight is 237 g/mol. The number of hydrogen-bond donors (Lipinski definition) is 1. The van der Waals surface area contributed by atoms with Crippen LogP contribution in [0.15, 0.2) is 0 Å². The zero-order valence-electron chi connectivity index (χ0n) is 10.9. The van der Waals surface area contributed by atoms with Crippen molar-refractivity contribution in [1.29, 1.82) is 0 Å². The predicted octanol–water partition coefficient (Wildman–Crippen LogP) is 1.13. The van der Waals surface area contributed by atoms with Crippen LogP contribution in [0.1, 0.15) is 26.7 Å². The quantitative estimate of drug-likeness (QED) is 0.685. The first-order valence-corrected chi connectivity index (χ1v) is 6.88. The maximum atomic E-state index is 12.5. The topological polar surface area (TPSA) is 35.6 Å². The fourth-order valence-corrected chi connectivity index (χ4v) is 3.83. The maximum Gasteiger partial charge on any atom is 0.320 e. The number of hydrogen-bond acceptors (Lipinski definition) is 2. The minimum Gasteiger partial charge on any atom is -0.325 e. The number of urea groups is 1. The van der Waals surface area contributed by atoms with Gasteiger partial charge >= 0.3 is 6.03 Å². The van der Waals surface area contributed by atoms with E-state index < -0.39 is 0 Å². The number of nitrogens with one attached hydrogen (secondary N) is 1. The van der Waals surface area contributed by atoms with Gasteiger partial charge in [-0.3, -0.25) is 0 Å². The lowest BCUT2D eigenvalue weighted by atomic mass is 9.85. The number of carbonyl (C=O) groups is 1. The van der Waals surface area contributed by atoms with Crippen molar-refractivity contribution in [2.75, 3.05) is 32.7 Å². The minimum atomic E-state index is 0.0217. The van der Waals surface area contributed by atoms with Gasteiger partial charge in [0, 0.05) is 38.3 Å². The van der Waals surface area contributed by atoms with Crippen molar-refractivity contribution in [1.82, 2.24) is 15.1 Å². The van der Waals surface area contributed by atoms with Crippen molar-refractivity contribution in [3.63, 3.8) is 0 Å². The monoisotopic (exact) mass is 237 g/mol. The van der Waals surface area contributed by atoms with Crippen molar-refractivity contribution >= 4 is 6.03 Å². The number of fused-ring (bicyclic) bond motifs is 1. The van der Waals surface area contributed by atoms with Crippen LogP contribution < -0.4 is 5.32 Å². The third-order valence-electron chi connectivity index (χ3n) is 4.97. The van der Waals surface area contributed by atoms with E-state index in [9.17, 15) is 4.79 Å². The Balaban J connectivity index is 1.77. The summed E-state index contributed by atoms with van der Waals surface area (Å²) in [5.41, 5.74) is 0.0217. The first-order valence-electron chi connectivity index (χ1n) is 6.88. The highest BCUT2D eigenvalue weighted by atomic mass is 16.2. The van der Waals surface area contributed by atoms with Crippen LogP contribution in [0.2, 0.25) is 0 Å². The second-order valence-corrected chi connectivity index (χ2v) is 6.27. The van der Waals surface area contributed by atoms with Gasteiger partial charge in [-0.2, -0.15) is 0 Å². The third kappa shape index (κ3) is 1.65. The summed E-state index contributed by atoms with van der Waals surface area (Å²) < 4.78 is 0. The molecule has 4 heteroatoms. The first kappa shape index (κ1) is 11.3. The number of carbonyl (C=O) groups excluding carboxylic acids is 1. The van der Waals surface area contributed by atoms with E-state index in [2.05, 4.69) is 24.1 Å². The molecule has 0 aliphatic carbocycles. The van der Waals surface area contributed by atoms with Gasteiger partial charge in [0.15, 0.2) is 0 Å². The SMILES string of the molecule is CC1(C)C2CNCC2CN1C(=O)N1CCCC1. The molecule has 3 saturated heterocycles. The minimum absolute atomic E-state index is 0.0217. The van der Waals surface area contributed by atoms with Gasteiger partial charge in [0.2, 0.25) is 0 Å². The highest BCUT2D eigenvalue weighted by molar-refractivity contribution is 5.76. The molecule has 1 N–H and O–H groups in total. The fraction of sp³-hybridized carbons (Fsp3) is 0.923. The molecular formula is C13H23N3O. The molecule has 3 fully saturated rings. The Hall–Kier alpha value is -0.770. The summed E-state index contributed by atoms with van der Waals surface area (Å²) in [6.45, 7) is 9.48. The predicted molar refractivity (Wildman–Crippen MR) is 66.8 cm³/mol. The Labute approximate surface area is 103 Å². The Bertz CT molecular complexity index is 323. The maximum absolute atomic E-state index is 12.5. The van der Waals surface area contributed by atoms with Crippen LogP contribution in [0.3, 0.4) is 0 Å². The summed E-state index contributed by atoms with van der Waals surface area (Å²) >= 11 is 0. The summed E-state index contributed by atoms with van der Waals surface area (Å²) in [6, 6.07) is 0.280. The molecule has 0 radical (unpaired) electrons. The number of likely N-dealkylation sites (tertiary alicyclic amines) is 2. The third-order valence-corrected chi connectivity index (χ3v) is 4.97. The van der Waals surface area contributed by atoms with Gasteiger partial charge in [0.1, 0.15) is 0 Å². The van der Waals surface area contributed by atoms with Crippen molar-refractivity contribution in [3.8, 4) is 0 Å². The molecule has 2 unspecified atom stereocenters. The van der Waals surface area contributed by atoms with E-state index in [1.54, 1.807) is 0 Å². The Morgan fingerprint density at radius 1 is 1.24 bits per heavy atom.